The topological polar surface area (TPSA) is 59.4 Å². The second kappa shape index (κ2) is 8.73. The van der Waals surface area contributed by atoms with Crippen molar-refractivity contribution in [2.24, 2.45) is 0 Å². The van der Waals surface area contributed by atoms with Crippen molar-refractivity contribution in [3.05, 3.63) is 48.0 Å². The molecule has 1 unspecified atom stereocenters. The number of nitrogens with zero attached hydrogens (tertiary/aromatic N) is 3. The second-order valence-corrected chi connectivity index (χ2v) is 7.61. The number of para-hydroxylation sites is 1. The van der Waals surface area contributed by atoms with Crippen LogP contribution in [0.2, 0.25) is 0 Å². The zero-order valence-corrected chi connectivity index (χ0v) is 16.0. The molecule has 1 aromatic heterocycles. The van der Waals surface area contributed by atoms with Gasteiger partial charge in [0.05, 0.1) is 5.69 Å². The molecule has 2 aliphatic rings. The molecule has 150 valence electrons. The van der Waals surface area contributed by atoms with Crippen LogP contribution in [0.25, 0.3) is 0 Å². The number of ether oxygens (including phenoxy) is 1. The van der Waals surface area contributed by atoms with Crippen LogP contribution in [0.3, 0.4) is 0 Å². The number of nitrogens with one attached hydrogen (secondary N) is 1. The number of amides is 1. The number of hydrogen-bond acceptors (Lipinski definition) is 4. The van der Waals surface area contributed by atoms with Crippen molar-refractivity contribution in [1.29, 1.82) is 0 Å². The number of hydrogen-bond donors (Lipinski definition) is 1. The molecule has 0 bridgehead atoms. The summed E-state index contributed by atoms with van der Waals surface area (Å²) in [6.07, 6.45) is 5.57. The van der Waals surface area contributed by atoms with E-state index in [-0.39, 0.29) is 30.1 Å². The smallest absolute Gasteiger partial charge is 0.244 e. The number of rotatable bonds is 5. The van der Waals surface area contributed by atoms with E-state index < -0.39 is 0 Å². The number of carbonyl (C=O) groups is 1. The van der Waals surface area contributed by atoms with E-state index in [0.29, 0.717) is 31.8 Å². The molecule has 6 nitrogen and oxygen atoms in total. The third-order valence-corrected chi connectivity index (χ3v) is 5.60. The molecule has 2 aromatic rings. The quantitative estimate of drug-likeness (QED) is 0.858. The Labute approximate surface area is 164 Å². The second-order valence-electron chi connectivity index (χ2n) is 7.61. The Kier molecular flexibility index (Phi) is 5.90. The van der Waals surface area contributed by atoms with Crippen molar-refractivity contribution in [3.8, 4) is 5.75 Å². The minimum atomic E-state index is -0.344. The molecule has 2 fully saturated rings. The Morgan fingerprint density at radius 2 is 2.04 bits per heavy atom. The Morgan fingerprint density at radius 3 is 2.79 bits per heavy atom. The van der Waals surface area contributed by atoms with E-state index in [2.05, 4.69) is 10.4 Å². The van der Waals surface area contributed by atoms with Crippen molar-refractivity contribution in [3.63, 3.8) is 0 Å². The Bertz CT molecular complexity index is 795. The van der Waals surface area contributed by atoms with Crippen LogP contribution in [-0.2, 0) is 11.3 Å². The molecule has 3 heterocycles. The molecular formula is C21H27FN4O2. The summed E-state index contributed by atoms with van der Waals surface area (Å²) in [6.45, 7) is 3.54. The van der Waals surface area contributed by atoms with Gasteiger partial charge in [-0.15, -0.1) is 0 Å². The van der Waals surface area contributed by atoms with E-state index in [1.165, 1.54) is 12.5 Å². The van der Waals surface area contributed by atoms with E-state index in [0.717, 1.165) is 25.2 Å². The van der Waals surface area contributed by atoms with Crippen LogP contribution in [0.4, 0.5) is 4.39 Å². The highest BCUT2D eigenvalue weighted by molar-refractivity contribution is 5.76. The van der Waals surface area contributed by atoms with E-state index in [1.807, 2.05) is 17.2 Å². The van der Waals surface area contributed by atoms with E-state index in [9.17, 15) is 9.18 Å². The highest BCUT2D eigenvalue weighted by atomic mass is 19.1. The zero-order valence-electron chi connectivity index (χ0n) is 16.0. The van der Waals surface area contributed by atoms with E-state index in [4.69, 9.17) is 4.74 Å². The Hall–Kier alpha value is -2.41. The van der Waals surface area contributed by atoms with Gasteiger partial charge in [0.1, 0.15) is 12.6 Å². The van der Waals surface area contributed by atoms with Gasteiger partial charge in [-0.25, -0.2) is 4.39 Å². The summed E-state index contributed by atoms with van der Waals surface area (Å²) in [5.41, 5.74) is 1.07. The molecule has 1 atom stereocenters. The van der Waals surface area contributed by atoms with Crippen LogP contribution in [0, 0.1) is 5.82 Å². The first-order valence-corrected chi connectivity index (χ1v) is 10.1. The minimum absolute atomic E-state index is 0.0592. The summed E-state index contributed by atoms with van der Waals surface area (Å²) in [5, 5.41) is 8.01. The average Bonchev–Trinajstić information content (AvgIpc) is 3.19. The summed E-state index contributed by atoms with van der Waals surface area (Å²) in [4.78, 5) is 14.5. The Morgan fingerprint density at radius 1 is 1.21 bits per heavy atom. The molecule has 1 N–H and O–H groups in total. The molecule has 0 saturated carbocycles. The number of halogens is 1. The summed E-state index contributed by atoms with van der Waals surface area (Å²) in [6, 6.07) is 8.48. The van der Waals surface area contributed by atoms with Crippen molar-refractivity contribution < 1.29 is 13.9 Å². The molecule has 28 heavy (non-hydrogen) atoms. The molecule has 0 spiro atoms. The highest BCUT2D eigenvalue weighted by Gasteiger charge is 2.25. The highest BCUT2D eigenvalue weighted by Crippen LogP contribution is 2.23. The van der Waals surface area contributed by atoms with Crippen molar-refractivity contribution in [1.82, 2.24) is 20.0 Å². The normalized spacial score (nSPS) is 20.9. The average molecular weight is 386 g/mol. The van der Waals surface area contributed by atoms with Gasteiger partial charge in [0.15, 0.2) is 11.6 Å². The van der Waals surface area contributed by atoms with Gasteiger partial charge in [0.25, 0.3) is 0 Å². The number of carbonyl (C=O) groups excluding carboxylic acids is 1. The van der Waals surface area contributed by atoms with Crippen LogP contribution in [0.15, 0.2) is 36.5 Å². The van der Waals surface area contributed by atoms with Crippen LogP contribution >= 0.6 is 0 Å². The third-order valence-electron chi connectivity index (χ3n) is 5.60. The molecule has 1 amide bonds. The van der Waals surface area contributed by atoms with Gasteiger partial charge in [-0.3, -0.25) is 9.48 Å². The minimum Gasteiger partial charge on any atom is -0.487 e. The maximum atomic E-state index is 13.7. The predicted octanol–water partition coefficient (Wildman–Crippen LogP) is 2.56. The number of likely N-dealkylation sites (tertiary alicyclic amines) is 1. The monoisotopic (exact) mass is 386 g/mol. The fraction of sp³-hybridized carbons (Fsp3) is 0.524. The fourth-order valence-electron chi connectivity index (χ4n) is 3.97. The molecule has 0 aliphatic carbocycles. The van der Waals surface area contributed by atoms with Gasteiger partial charge in [-0.05, 0) is 37.6 Å². The van der Waals surface area contributed by atoms with Crippen LogP contribution < -0.4 is 10.1 Å². The molecule has 2 saturated heterocycles. The van der Waals surface area contributed by atoms with Gasteiger partial charge >= 0.3 is 0 Å². The number of benzene rings is 1. The summed E-state index contributed by atoms with van der Waals surface area (Å²) < 4.78 is 21.2. The van der Waals surface area contributed by atoms with Gasteiger partial charge < -0.3 is 15.0 Å². The number of aromatic nitrogens is 2. The lowest BCUT2D eigenvalue weighted by atomic mass is 9.97. The van der Waals surface area contributed by atoms with Gasteiger partial charge in [-0.1, -0.05) is 12.1 Å². The Balaban J connectivity index is 1.26. The third kappa shape index (κ3) is 4.52. The van der Waals surface area contributed by atoms with E-state index in [1.54, 1.807) is 22.9 Å². The first-order chi connectivity index (χ1) is 13.7. The SMILES string of the molecule is O=C(Cn1ccc(C2CCCNC2)n1)N1CCC(Oc2ccccc2F)CC1. The van der Waals surface area contributed by atoms with Crippen molar-refractivity contribution in [2.45, 2.75) is 44.2 Å². The first kappa shape index (κ1) is 18.9. The molecule has 0 radical (unpaired) electrons. The number of piperidine rings is 2. The molecule has 1 aromatic carbocycles. The lowest BCUT2D eigenvalue weighted by molar-refractivity contribution is -0.133. The molecule has 2 aliphatic heterocycles. The molecular weight excluding hydrogens is 359 g/mol. The standard InChI is InChI=1S/C21H27FN4O2/c22-18-5-1-2-6-20(18)28-17-7-11-25(12-8-17)21(27)15-26-13-9-19(24-26)16-4-3-10-23-14-16/h1-2,5-6,9,13,16-17,23H,3-4,7-8,10-12,14-15H2. The van der Waals surface area contributed by atoms with Gasteiger partial charge in [0.2, 0.25) is 5.91 Å². The fourth-order valence-corrected chi connectivity index (χ4v) is 3.97. The lowest BCUT2D eigenvalue weighted by Gasteiger charge is -2.32. The predicted molar refractivity (Wildman–Crippen MR) is 104 cm³/mol. The van der Waals surface area contributed by atoms with Gasteiger partial charge in [-0.2, -0.15) is 5.10 Å². The molecule has 7 heteroatoms. The van der Waals surface area contributed by atoms with Crippen LogP contribution in [-0.4, -0.2) is 52.9 Å². The summed E-state index contributed by atoms with van der Waals surface area (Å²) in [5.74, 6) is 0.453. The summed E-state index contributed by atoms with van der Waals surface area (Å²) in [7, 11) is 0. The largest absolute Gasteiger partial charge is 0.487 e. The van der Waals surface area contributed by atoms with E-state index >= 15 is 0 Å². The molecule has 4 rings (SSSR count). The van der Waals surface area contributed by atoms with Crippen molar-refractivity contribution >= 4 is 5.91 Å². The maximum absolute atomic E-state index is 13.7. The zero-order chi connectivity index (χ0) is 19.3. The summed E-state index contributed by atoms with van der Waals surface area (Å²) >= 11 is 0. The van der Waals surface area contributed by atoms with Crippen molar-refractivity contribution in [2.75, 3.05) is 26.2 Å². The lowest BCUT2D eigenvalue weighted by Crippen LogP contribution is -2.43. The van der Waals surface area contributed by atoms with Gasteiger partial charge in [0, 0.05) is 44.6 Å². The maximum Gasteiger partial charge on any atom is 0.244 e. The first-order valence-electron chi connectivity index (χ1n) is 10.1. The van der Waals surface area contributed by atoms with Crippen LogP contribution in [0.5, 0.6) is 5.75 Å². The van der Waals surface area contributed by atoms with Crippen LogP contribution in [0.1, 0.15) is 37.3 Å².